The van der Waals surface area contributed by atoms with Crippen LogP contribution in [0.3, 0.4) is 0 Å². The monoisotopic (exact) mass is 407 g/mol. The van der Waals surface area contributed by atoms with Gasteiger partial charge in [0.1, 0.15) is 0 Å². The first-order valence-electron chi connectivity index (χ1n) is 10.3. The SMILES string of the molecule is C=C/C=C(\C=C)C1=CCN(c2ccc(C(=C)NC(C)C[C@H](C)C(=O)NO)cc2)CC1. The Hall–Kier alpha value is -3.05. The van der Waals surface area contributed by atoms with Crippen molar-refractivity contribution in [3.8, 4) is 0 Å². The van der Waals surface area contributed by atoms with Crippen LogP contribution >= 0.6 is 0 Å². The summed E-state index contributed by atoms with van der Waals surface area (Å²) in [6, 6.07) is 8.40. The maximum atomic E-state index is 11.5. The number of nitrogens with one attached hydrogen (secondary N) is 2. The zero-order chi connectivity index (χ0) is 22.1. The molecule has 0 fully saturated rings. The van der Waals surface area contributed by atoms with E-state index in [-0.39, 0.29) is 17.9 Å². The van der Waals surface area contributed by atoms with Crippen LogP contribution in [0.1, 0.15) is 32.3 Å². The number of benzene rings is 1. The summed E-state index contributed by atoms with van der Waals surface area (Å²) in [4.78, 5) is 13.8. The van der Waals surface area contributed by atoms with Crippen molar-refractivity contribution in [2.45, 2.75) is 32.7 Å². The van der Waals surface area contributed by atoms with Crippen LogP contribution in [0, 0.1) is 5.92 Å². The number of hydroxylamine groups is 1. The molecule has 0 bridgehead atoms. The molecule has 2 atom stereocenters. The van der Waals surface area contributed by atoms with Gasteiger partial charge < -0.3 is 10.2 Å². The molecule has 1 amide bonds. The van der Waals surface area contributed by atoms with Gasteiger partial charge in [-0.1, -0.05) is 63.1 Å². The lowest BCUT2D eigenvalue weighted by atomic mass is 9.98. The predicted octanol–water partition coefficient (Wildman–Crippen LogP) is 4.60. The summed E-state index contributed by atoms with van der Waals surface area (Å²) < 4.78 is 0. The van der Waals surface area contributed by atoms with E-state index in [9.17, 15) is 4.79 Å². The number of amides is 1. The second-order valence-corrected chi connectivity index (χ2v) is 7.67. The molecule has 1 aromatic carbocycles. The summed E-state index contributed by atoms with van der Waals surface area (Å²) in [5.74, 6) is -0.662. The first-order chi connectivity index (χ1) is 14.4. The van der Waals surface area contributed by atoms with Crippen molar-refractivity contribution >= 4 is 17.3 Å². The van der Waals surface area contributed by atoms with E-state index >= 15 is 0 Å². The normalized spacial score (nSPS) is 16.2. The van der Waals surface area contributed by atoms with Gasteiger partial charge >= 0.3 is 0 Å². The maximum absolute atomic E-state index is 11.5. The van der Waals surface area contributed by atoms with Crippen molar-refractivity contribution in [1.82, 2.24) is 10.8 Å². The number of hydrogen-bond donors (Lipinski definition) is 3. The van der Waals surface area contributed by atoms with Crippen LogP contribution in [0.25, 0.3) is 5.70 Å². The molecule has 0 aromatic heterocycles. The third-order valence-electron chi connectivity index (χ3n) is 5.36. The second-order valence-electron chi connectivity index (χ2n) is 7.67. The molecule has 1 aromatic rings. The van der Waals surface area contributed by atoms with Crippen LogP contribution in [-0.4, -0.2) is 30.2 Å². The highest BCUT2D eigenvalue weighted by atomic mass is 16.5. The van der Waals surface area contributed by atoms with Gasteiger partial charge in [-0.05, 0) is 48.6 Å². The number of nitrogens with zero attached hydrogens (tertiary/aromatic N) is 1. The van der Waals surface area contributed by atoms with E-state index in [0.29, 0.717) is 6.42 Å². The van der Waals surface area contributed by atoms with E-state index in [1.807, 2.05) is 19.1 Å². The van der Waals surface area contributed by atoms with Gasteiger partial charge in [0.25, 0.3) is 0 Å². The van der Waals surface area contributed by atoms with Crippen LogP contribution in [0.15, 0.2) is 79.5 Å². The maximum Gasteiger partial charge on any atom is 0.246 e. The van der Waals surface area contributed by atoms with Gasteiger partial charge in [-0.15, -0.1) is 0 Å². The molecule has 0 spiro atoms. The topological polar surface area (TPSA) is 64.6 Å². The lowest BCUT2D eigenvalue weighted by molar-refractivity contribution is -0.133. The van der Waals surface area contributed by atoms with Crippen molar-refractivity contribution in [3.63, 3.8) is 0 Å². The highest BCUT2D eigenvalue weighted by Gasteiger charge is 2.17. The highest BCUT2D eigenvalue weighted by molar-refractivity contribution is 5.77. The standard InChI is InChI=1S/C25H33N3O2/c1-6-8-21(7-2)23-13-15-28(16-14-23)24-11-9-22(10-12-24)20(5)26-19(4)17-18(3)25(29)27-30/h6-13,18-19,26,30H,1-2,5,14-17H2,3-4H3,(H,27,29)/b21-8+/t18-,19?/m0/s1. The van der Waals surface area contributed by atoms with E-state index < -0.39 is 0 Å². The van der Waals surface area contributed by atoms with Crippen LogP contribution < -0.4 is 15.7 Å². The minimum Gasteiger partial charge on any atom is -0.383 e. The van der Waals surface area contributed by atoms with Gasteiger partial charge in [0, 0.05) is 36.4 Å². The summed E-state index contributed by atoms with van der Waals surface area (Å²) in [5.41, 5.74) is 7.16. The van der Waals surface area contributed by atoms with Gasteiger partial charge in [0.05, 0.1) is 0 Å². The zero-order valence-corrected chi connectivity index (χ0v) is 18.0. The molecule has 3 N–H and O–H groups in total. The Morgan fingerprint density at radius 1 is 1.27 bits per heavy atom. The number of carbonyl (C=O) groups is 1. The fourth-order valence-corrected chi connectivity index (χ4v) is 3.66. The molecule has 1 heterocycles. The average Bonchev–Trinajstić information content (AvgIpc) is 2.77. The summed E-state index contributed by atoms with van der Waals surface area (Å²) in [6.07, 6.45) is 9.50. The third kappa shape index (κ3) is 6.22. The Morgan fingerprint density at radius 3 is 2.50 bits per heavy atom. The molecular weight excluding hydrogens is 374 g/mol. The van der Waals surface area contributed by atoms with Crippen molar-refractivity contribution in [2.75, 3.05) is 18.0 Å². The molecule has 0 saturated heterocycles. The highest BCUT2D eigenvalue weighted by Crippen LogP contribution is 2.25. The number of allylic oxidation sites excluding steroid dienone is 4. The summed E-state index contributed by atoms with van der Waals surface area (Å²) in [5, 5.41) is 12.1. The Kier molecular flexibility index (Phi) is 8.69. The molecule has 1 aliphatic rings. The number of carbonyl (C=O) groups excluding carboxylic acids is 1. The van der Waals surface area contributed by atoms with Gasteiger partial charge in [-0.3, -0.25) is 10.0 Å². The molecule has 1 aliphatic heterocycles. The molecular formula is C25H33N3O2. The largest absolute Gasteiger partial charge is 0.383 e. The van der Waals surface area contributed by atoms with Crippen LogP contribution in [0.5, 0.6) is 0 Å². The summed E-state index contributed by atoms with van der Waals surface area (Å²) in [7, 11) is 0. The fourth-order valence-electron chi connectivity index (χ4n) is 3.66. The number of anilines is 1. The van der Waals surface area contributed by atoms with E-state index in [1.54, 1.807) is 18.5 Å². The molecule has 2 rings (SSSR count). The summed E-state index contributed by atoms with van der Waals surface area (Å²) in [6.45, 7) is 17.4. The minimum atomic E-state index is -0.377. The Bertz CT molecular complexity index is 836. The van der Waals surface area contributed by atoms with Crippen LogP contribution in [0.2, 0.25) is 0 Å². The van der Waals surface area contributed by atoms with E-state index in [4.69, 9.17) is 5.21 Å². The molecule has 5 heteroatoms. The Balaban J connectivity index is 1.95. The molecule has 160 valence electrons. The zero-order valence-electron chi connectivity index (χ0n) is 18.0. The van der Waals surface area contributed by atoms with Crippen molar-refractivity contribution in [1.29, 1.82) is 0 Å². The van der Waals surface area contributed by atoms with Gasteiger partial charge in [0.2, 0.25) is 5.91 Å². The first-order valence-corrected chi connectivity index (χ1v) is 10.3. The number of rotatable bonds is 10. The van der Waals surface area contributed by atoms with E-state index in [2.05, 4.69) is 60.3 Å². The van der Waals surface area contributed by atoms with Crippen molar-refractivity contribution in [3.05, 3.63) is 85.0 Å². The molecule has 1 unspecified atom stereocenters. The Labute approximate surface area is 180 Å². The van der Waals surface area contributed by atoms with Gasteiger partial charge in [0.15, 0.2) is 0 Å². The fraction of sp³-hybridized carbons (Fsp3) is 0.320. The Morgan fingerprint density at radius 2 is 1.97 bits per heavy atom. The molecule has 5 nitrogen and oxygen atoms in total. The third-order valence-corrected chi connectivity index (χ3v) is 5.36. The van der Waals surface area contributed by atoms with E-state index in [1.165, 1.54) is 11.3 Å². The minimum absolute atomic E-state index is 0.0535. The summed E-state index contributed by atoms with van der Waals surface area (Å²) >= 11 is 0. The lowest BCUT2D eigenvalue weighted by Gasteiger charge is -2.29. The second kappa shape index (κ2) is 11.2. The quantitative estimate of drug-likeness (QED) is 0.301. The smallest absolute Gasteiger partial charge is 0.246 e. The first kappa shape index (κ1) is 23.2. The van der Waals surface area contributed by atoms with Crippen molar-refractivity contribution in [2.24, 2.45) is 5.92 Å². The van der Waals surface area contributed by atoms with Gasteiger partial charge in [-0.2, -0.15) is 0 Å². The molecule has 0 radical (unpaired) electrons. The predicted molar refractivity (Wildman–Crippen MR) is 125 cm³/mol. The molecule has 0 saturated carbocycles. The van der Waals surface area contributed by atoms with Gasteiger partial charge in [-0.25, -0.2) is 5.48 Å². The van der Waals surface area contributed by atoms with Crippen LogP contribution in [-0.2, 0) is 4.79 Å². The van der Waals surface area contributed by atoms with E-state index in [0.717, 1.165) is 36.3 Å². The lowest BCUT2D eigenvalue weighted by Crippen LogP contribution is -2.32. The van der Waals surface area contributed by atoms with Crippen molar-refractivity contribution < 1.29 is 10.0 Å². The number of hydrogen-bond acceptors (Lipinski definition) is 4. The molecule has 0 aliphatic carbocycles. The average molecular weight is 408 g/mol. The molecule has 30 heavy (non-hydrogen) atoms. The van der Waals surface area contributed by atoms with Crippen LogP contribution in [0.4, 0.5) is 5.69 Å².